The minimum Gasteiger partial charge on any atom is -0.368 e. The molecule has 0 aliphatic rings. The third-order valence-corrected chi connectivity index (χ3v) is 3.19. The molecule has 0 atom stereocenters. The van der Waals surface area contributed by atoms with Gasteiger partial charge in [0.05, 0.1) is 0 Å². The highest BCUT2D eigenvalue weighted by Gasteiger charge is 2.17. The fourth-order valence-electron chi connectivity index (χ4n) is 1.48. The van der Waals surface area contributed by atoms with Crippen molar-refractivity contribution in [3.05, 3.63) is 18.3 Å². The second-order valence-corrected chi connectivity index (χ2v) is 5.80. The first-order chi connectivity index (χ1) is 9.45. The zero-order chi connectivity index (χ0) is 14.3. The standard InChI is InChI=1S/C9H8N8O2S/c1-20(18,19)9-13-7(10)17-8(14-9)12-6(16-17)5-3-2-4-11-15-5/h2-4H,1H3,(H2,10,12,13,14,16). The number of rotatable bonds is 2. The maximum Gasteiger partial charge on any atom is 0.258 e. The van der Waals surface area contributed by atoms with Crippen molar-refractivity contribution in [2.24, 2.45) is 0 Å². The van der Waals surface area contributed by atoms with Crippen molar-refractivity contribution in [1.82, 2.24) is 34.8 Å². The van der Waals surface area contributed by atoms with E-state index in [0.29, 0.717) is 5.69 Å². The van der Waals surface area contributed by atoms with Crippen LogP contribution in [0, 0.1) is 0 Å². The largest absolute Gasteiger partial charge is 0.368 e. The Morgan fingerprint density at radius 3 is 2.70 bits per heavy atom. The number of hydrogen-bond donors (Lipinski definition) is 1. The van der Waals surface area contributed by atoms with E-state index >= 15 is 0 Å². The van der Waals surface area contributed by atoms with Crippen LogP contribution in [0.15, 0.2) is 23.5 Å². The van der Waals surface area contributed by atoms with Crippen LogP contribution >= 0.6 is 0 Å². The van der Waals surface area contributed by atoms with E-state index in [1.165, 1.54) is 6.20 Å². The van der Waals surface area contributed by atoms with Crippen molar-refractivity contribution >= 4 is 21.6 Å². The molecule has 0 saturated heterocycles. The predicted octanol–water partition coefficient (Wildman–Crippen LogP) is -1.04. The number of fused-ring (bicyclic) bond motifs is 1. The molecule has 3 rings (SSSR count). The quantitative estimate of drug-likeness (QED) is 0.626. The van der Waals surface area contributed by atoms with E-state index in [0.717, 1.165) is 10.8 Å². The monoisotopic (exact) mass is 292 g/mol. The van der Waals surface area contributed by atoms with Crippen LogP contribution < -0.4 is 5.73 Å². The van der Waals surface area contributed by atoms with E-state index in [9.17, 15) is 8.42 Å². The van der Waals surface area contributed by atoms with Crippen LogP contribution in [0.1, 0.15) is 0 Å². The SMILES string of the molecule is CS(=O)(=O)c1nc(N)n2nc(-c3cccnn3)nc2n1. The summed E-state index contributed by atoms with van der Waals surface area (Å²) in [6.07, 6.45) is 2.49. The first kappa shape index (κ1) is 12.3. The summed E-state index contributed by atoms with van der Waals surface area (Å²) in [4.78, 5) is 11.6. The topological polar surface area (TPSA) is 142 Å². The average molecular weight is 292 g/mol. The zero-order valence-corrected chi connectivity index (χ0v) is 11.0. The number of hydrogen-bond acceptors (Lipinski definition) is 9. The van der Waals surface area contributed by atoms with E-state index in [-0.39, 0.29) is 17.6 Å². The first-order valence-corrected chi connectivity index (χ1v) is 7.23. The molecular formula is C9H8N8O2S. The van der Waals surface area contributed by atoms with Gasteiger partial charge in [0.1, 0.15) is 5.69 Å². The van der Waals surface area contributed by atoms with Crippen LogP contribution in [0.25, 0.3) is 17.3 Å². The Balaban J connectivity index is 2.24. The van der Waals surface area contributed by atoms with Crippen molar-refractivity contribution in [2.45, 2.75) is 5.16 Å². The second-order valence-electron chi connectivity index (χ2n) is 3.89. The lowest BCUT2D eigenvalue weighted by Crippen LogP contribution is -2.11. The van der Waals surface area contributed by atoms with E-state index in [1.54, 1.807) is 12.1 Å². The van der Waals surface area contributed by atoms with Gasteiger partial charge >= 0.3 is 0 Å². The Labute approximate surface area is 112 Å². The molecule has 0 unspecified atom stereocenters. The zero-order valence-electron chi connectivity index (χ0n) is 10.2. The van der Waals surface area contributed by atoms with Gasteiger partial charge in [-0.15, -0.1) is 10.2 Å². The Morgan fingerprint density at radius 2 is 2.05 bits per heavy atom. The molecule has 0 aliphatic carbocycles. The first-order valence-electron chi connectivity index (χ1n) is 5.33. The van der Waals surface area contributed by atoms with Gasteiger partial charge in [0.2, 0.25) is 21.6 Å². The molecule has 2 N–H and O–H groups in total. The molecule has 0 radical (unpaired) electrons. The minimum atomic E-state index is -3.58. The van der Waals surface area contributed by atoms with Crippen LogP contribution in [0.2, 0.25) is 0 Å². The molecule has 20 heavy (non-hydrogen) atoms. The van der Waals surface area contributed by atoms with Gasteiger partial charge in [-0.05, 0) is 12.1 Å². The third kappa shape index (κ3) is 2.03. The fraction of sp³-hybridized carbons (Fsp3) is 0.111. The molecule has 0 aromatic carbocycles. The molecule has 0 bridgehead atoms. The molecule has 0 fully saturated rings. The highest BCUT2D eigenvalue weighted by Crippen LogP contribution is 2.14. The predicted molar refractivity (Wildman–Crippen MR) is 67.1 cm³/mol. The number of sulfone groups is 1. The van der Waals surface area contributed by atoms with Gasteiger partial charge in [-0.25, -0.2) is 8.42 Å². The molecule has 3 aromatic rings. The fourth-order valence-corrected chi connectivity index (χ4v) is 1.99. The number of nitrogens with zero attached hydrogens (tertiary/aromatic N) is 7. The summed E-state index contributed by atoms with van der Waals surface area (Å²) < 4.78 is 24.0. The van der Waals surface area contributed by atoms with E-state index < -0.39 is 15.0 Å². The Kier molecular flexibility index (Phi) is 2.57. The highest BCUT2D eigenvalue weighted by atomic mass is 32.2. The Bertz CT molecular complexity index is 889. The molecule has 0 saturated carbocycles. The van der Waals surface area contributed by atoms with Gasteiger partial charge < -0.3 is 5.73 Å². The summed E-state index contributed by atoms with van der Waals surface area (Å²) in [6.45, 7) is 0. The second kappa shape index (κ2) is 4.16. The summed E-state index contributed by atoms with van der Waals surface area (Å²) in [7, 11) is -3.58. The smallest absolute Gasteiger partial charge is 0.258 e. The van der Waals surface area contributed by atoms with Crippen molar-refractivity contribution in [3.63, 3.8) is 0 Å². The molecule has 102 valence electrons. The summed E-state index contributed by atoms with van der Waals surface area (Å²) in [5, 5.41) is 11.2. The molecule has 10 nitrogen and oxygen atoms in total. The minimum absolute atomic E-state index is 0.0265. The lowest BCUT2D eigenvalue weighted by molar-refractivity contribution is 0.592. The maximum absolute atomic E-state index is 11.4. The van der Waals surface area contributed by atoms with Crippen LogP contribution in [0.4, 0.5) is 5.95 Å². The van der Waals surface area contributed by atoms with Gasteiger partial charge in [0.25, 0.3) is 10.9 Å². The molecular weight excluding hydrogens is 284 g/mol. The number of nitrogens with two attached hydrogens (primary N) is 1. The van der Waals surface area contributed by atoms with Crippen molar-refractivity contribution in [3.8, 4) is 11.5 Å². The lowest BCUT2D eigenvalue weighted by atomic mass is 10.4. The maximum atomic E-state index is 11.4. The highest BCUT2D eigenvalue weighted by molar-refractivity contribution is 7.90. The number of aromatic nitrogens is 7. The summed E-state index contributed by atoms with van der Waals surface area (Å²) >= 11 is 0. The van der Waals surface area contributed by atoms with Gasteiger partial charge in [0, 0.05) is 12.5 Å². The van der Waals surface area contributed by atoms with Gasteiger partial charge in [-0.2, -0.15) is 24.6 Å². The van der Waals surface area contributed by atoms with Crippen molar-refractivity contribution in [1.29, 1.82) is 0 Å². The molecule has 0 aliphatic heterocycles. The summed E-state index contributed by atoms with van der Waals surface area (Å²) in [5.41, 5.74) is 6.07. The summed E-state index contributed by atoms with van der Waals surface area (Å²) in [5.74, 6) is 0.126. The lowest BCUT2D eigenvalue weighted by Gasteiger charge is -1.99. The molecule has 11 heteroatoms. The van der Waals surface area contributed by atoms with Gasteiger partial charge in [-0.1, -0.05) is 0 Å². The average Bonchev–Trinajstić information content (AvgIpc) is 2.83. The van der Waals surface area contributed by atoms with Crippen LogP contribution in [-0.4, -0.2) is 49.4 Å². The Hall–Kier alpha value is -2.69. The molecule has 3 heterocycles. The molecule has 0 spiro atoms. The van der Waals surface area contributed by atoms with E-state index in [1.807, 2.05) is 0 Å². The number of nitrogen functional groups attached to an aromatic ring is 1. The van der Waals surface area contributed by atoms with Gasteiger partial charge in [0.15, 0.2) is 0 Å². The van der Waals surface area contributed by atoms with Crippen LogP contribution in [0.5, 0.6) is 0 Å². The van der Waals surface area contributed by atoms with Crippen molar-refractivity contribution < 1.29 is 8.42 Å². The van der Waals surface area contributed by atoms with Crippen molar-refractivity contribution in [2.75, 3.05) is 12.0 Å². The summed E-state index contributed by atoms with van der Waals surface area (Å²) in [6, 6.07) is 3.33. The van der Waals surface area contributed by atoms with Crippen LogP contribution in [0.3, 0.4) is 0 Å². The normalized spacial score (nSPS) is 11.8. The van der Waals surface area contributed by atoms with Gasteiger partial charge in [-0.3, -0.25) is 0 Å². The van der Waals surface area contributed by atoms with E-state index in [2.05, 4.69) is 30.2 Å². The Morgan fingerprint density at radius 1 is 1.25 bits per heavy atom. The third-order valence-electron chi connectivity index (χ3n) is 2.35. The molecule has 0 amide bonds. The number of anilines is 1. The molecule has 3 aromatic heterocycles. The van der Waals surface area contributed by atoms with E-state index in [4.69, 9.17) is 5.73 Å². The van der Waals surface area contributed by atoms with Crippen LogP contribution in [-0.2, 0) is 9.84 Å².